The van der Waals surface area contributed by atoms with Gasteiger partial charge < -0.3 is 10.4 Å². The number of carboxylic acids is 1. The summed E-state index contributed by atoms with van der Waals surface area (Å²) in [4.78, 5) is 22.2. The van der Waals surface area contributed by atoms with E-state index in [0.29, 0.717) is 0 Å². The van der Waals surface area contributed by atoms with Crippen molar-refractivity contribution < 1.29 is 27.9 Å². The third kappa shape index (κ3) is 4.08. The quantitative estimate of drug-likeness (QED) is 0.847. The van der Waals surface area contributed by atoms with E-state index in [1.165, 1.54) is 0 Å². The topological polar surface area (TPSA) is 66.4 Å². The molecule has 0 fully saturated rings. The van der Waals surface area contributed by atoms with Crippen molar-refractivity contribution in [3.63, 3.8) is 0 Å². The minimum atomic E-state index is -2.85. The summed E-state index contributed by atoms with van der Waals surface area (Å²) in [7, 11) is 0. The van der Waals surface area contributed by atoms with E-state index in [-0.39, 0.29) is 5.56 Å². The first kappa shape index (κ1) is 14.0. The number of aliphatic carboxylic acids is 1. The van der Waals surface area contributed by atoms with Crippen LogP contribution >= 0.6 is 0 Å². The molecule has 0 saturated carbocycles. The monoisotopic (exact) mass is 261 g/mol. The number of nitrogens with one attached hydrogen (secondary N) is 1. The van der Waals surface area contributed by atoms with Crippen LogP contribution in [0, 0.1) is 5.82 Å². The molecule has 1 amide bonds. The van der Waals surface area contributed by atoms with Crippen molar-refractivity contribution in [1.29, 1.82) is 0 Å². The Morgan fingerprint density at radius 2 is 1.78 bits per heavy atom. The van der Waals surface area contributed by atoms with Gasteiger partial charge in [0.1, 0.15) is 11.9 Å². The Morgan fingerprint density at radius 1 is 1.22 bits per heavy atom. The van der Waals surface area contributed by atoms with Crippen LogP contribution in [0.15, 0.2) is 24.3 Å². The average Bonchev–Trinajstić information content (AvgIpc) is 2.28. The molecule has 1 aromatic rings. The molecule has 0 aromatic heterocycles. The molecule has 18 heavy (non-hydrogen) atoms. The molecular formula is C11H10F3NO3. The summed E-state index contributed by atoms with van der Waals surface area (Å²) in [6.07, 6.45) is -3.83. The molecule has 7 heteroatoms. The number of hydrogen-bond donors (Lipinski definition) is 2. The Kier molecular flexibility index (Phi) is 4.70. The van der Waals surface area contributed by atoms with Crippen LogP contribution in [-0.2, 0) is 4.79 Å². The number of amides is 1. The van der Waals surface area contributed by atoms with E-state index in [2.05, 4.69) is 0 Å². The molecule has 1 rings (SSSR count). The van der Waals surface area contributed by atoms with Gasteiger partial charge in [0, 0.05) is 12.0 Å². The highest BCUT2D eigenvalue weighted by Crippen LogP contribution is 2.07. The summed E-state index contributed by atoms with van der Waals surface area (Å²) in [6, 6.07) is 2.61. The molecule has 98 valence electrons. The molecule has 0 radical (unpaired) electrons. The summed E-state index contributed by atoms with van der Waals surface area (Å²) >= 11 is 0. The minimum absolute atomic E-state index is 0.00286. The lowest BCUT2D eigenvalue weighted by Crippen LogP contribution is -2.42. The average molecular weight is 261 g/mol. The summed E-state index contributed by atoms with van der Waals surface area (Å²) in [5, 5.41) is 10.6. The zero-order chi connectivity index (χ0) is 13.7. The fraction of sp³-hybridized carbons (Fsp3) is 0.273. The summed E-state index contributed by atoms with van der Waals surface area (Å²) in [5.74, 6) is -2.96. The second-order valence-corrected chi connectivity index (χ2v) is 3.50. The zero-order valence-corrected chi connectivity index (χ0v) is 9.07. The highest BCUT2D eigenvalue weighted by Gasteiger charge is 2.24. The van der Waals surface area contributed by atoms with Crippen LogP contribution in [0.3, 0.4) is 0 Å². The molecule has 0 bridgehead atoms. The van der Waals surface area contributed by atoms with Crippen LogP contribution in [0.25, 0.3) is 0 Å². The number of rotatable bonds is 5. The van der Waals surface area contributed by atoms with E-state index in [0.717, 1.165) is 24.3 Å². The fourth-order valence-corrected chi connectivity index (χ4v) is 1.24. The lowest BCUT2D eigenvalue weighted by molar-refractivity contribution is -0.140. The molecule has 0 aliphatic heterocycles. The van der Waals surface area contributed by atoms with Gasteiger partial charge in [0.15, 0.2) is 0 Å². The number of alkyl halides is 2. The van der Waals surface area contributed by atoms with Gasteiger partial charge in [0.2, 0.25) is 6.43 Å². The van der Waals surface area contributed by atoms with E-state index in [9.17, 15) is 22.8 Å². The van der Waals surface area contributed by atoms with Gasteiger partial charge in [-0.25, -0.2) is 18.0 Å². The largest absolute Gasteiger partial charge is 0.480 e. The van der Waals surface area contributed by atoms with Crippen LogP contribution in [0.4, 0.5) is 13.2 Å². The maximum atomic E-state index is 12.6. The number of hydrogen-bond acceptors (Lipinski definition) is 2. The van der Waals surface area contributed by atoms with Gasteiger partial charge >= 0.3 is 5.97 Å². The van der Waals surface area contributed by atoms with Gasteiger partial charge in [-0.05, 0) is 24.3 Å². The Bertz CT molecular complexity index is 434. The van der Waals surface area contributed by atoms with E-state index in [1.54, 1.807) is 0 Å². The normalized spacial score (nSPS) is 12.2. The molecule has 0 heterocycles. The third-order valence-corrected chi connectivity index (χ3v) is 2.12. The van der Waals surface area contributed by atoms with E-state index < -0.39 is 36.6 Å². The highest BCUT2D eigenvalue weighted by atomic mass is 19.3. The van der Waals surface area contributed by atoms with Gasteiger partial charge in [-0.2, -0.15) is 0 Å². The van der Waals surface area contributed by atoms with Crippen LogP contribution in [-0.4, -0.2) is 29.5 Å². The molecule has 1 atom stereocenters. The van der Waals surface area contributed by atoms with Crippen LogP contribution in [0.2, 0.25) is 0 Å². The lowest BCUT2D eigenvalue weighted by Gasteiger charge is -2.13. The number of carbonyl (C=O) groups is 2. The Morgan fingerprint density at radius 3 is 2.22 bits per heavy atom. The van der Waals surface area contributed by atoms with Crippen molar-refractivity contribution >= 4 is 11.9 Å². The zero-order valence-electron chi connectivity index (χ0n) is 9.07. The number of halogens is 3. The van der Waals surface area contributed by atoms with Gasteiger partial charge in [-0.1, -0.05) is 0 Å². The molecule has 0 spiro atoms. The van der Waals surface area contributed by atoms with Crippen molar-refractivity contribution in [2.45, 2.75) is 18.9 Å². The Balaban J connectivity index is 2.72. The predicted molar refractivity (Wildman–Crippen MR) is 55.9 cm³/mol. The van der Waals surface area contributed by atoms with Crippen molar-refractivity contribution in [2.75, 3.05) is 0 Å². The van der Waals surface area contributed by atoms with Gasteiger partial charge in [-0.15, -0.1) is 0 Å². The standard InChI is InChI=1S/C11H10F3NO3/c12-7-3-1-6(2-4-7)10(16)15-8(11(17)18)5-9(13)14/h1-4,8-9H,5H2,(H,15,16)(H,17,18). The highest BCUT2D eigenvalue weighted by molar-refractivity contribution is 5.96. The van der Waals surface area contributed by atoms with E-state index >= 15 is 0 Å². The predicted octanol–water partition coefficient (Wildman–Crippen LogP) is 1.66. The summed E-state index contributed by atoms with van der Waals surface area (Å²) < 4.78 is 36.8. The van der Waals surface area contributed by atoms with E-state index in [4.69, 9.17) is 5.11 Å². The number of carbonyl (C=O) groups excluding carboxylic acids is 1. The lowest BCUT2D eigenvalue weighted by atomic mass is 10.1. The maximum Gasteiger partial charge on any atom is 0.326 e. The van der Waals surface area contributed by atoms with Crippen molar-refractivity contribution in [3.05, 3.63) is 35.6 Å². The smallest absolute Gasteiger partial charge is 0.326 e. The van der Waals surface area contributed by atoms with Crippen LogP contribution < -0.4 is 5.32 Å². The SMILES string of the molecule is O=C(NC(CC(F)F)C(=O)O)c1ccc(F)cc1. The fourth-order valence-electron chi connectivity index (χ4n) is 1.24. The second kappa shape index (κ2) is 6.04. The third-order valence-electron chi connectivity index (χ3n) is 2.12. The van der Waals surface area contributed by atoms with Gasteiger partial charge in [0.05, 0.1) is 0 Å². The minimum Gasteiger partial charge on any atom is -0.480 e. The van der Waals surface area contributed by atoms with Crippen molar-refractivity contribution in [1.82, 2.24) is 5.32 Å². The molecule has 2 N–H and O–H groups in total. The number of benzene rings is 1. The van der Waals surface area contributed by atoms with E-state index in [1.807, 2.05) is 5.32 Å². The summed E-state index contributed by atoms with van der Waals surface area (Å²) in [6.45, 7) is 0. The molecule has 1 unspecified atom stereocenters. The van der Waals surface area contributed by atoms with Gasteiger partial charge in [0.25, 0.3) is 5.91 Å². The van der Waals surface area contributed by atoms with Crippen molar-refractivity contribution in [3.8, 4) is 0 Å². The first-order chi connectivity index (χ1) is 8.40. The van der Waals surface area contributed by atoms with Crippen LogP contribution in [0.5, 0.6) is 0 Å². The van der Waals surface area contributed by atoms with Gasteiger partial charge in [-0.3, -0.25) is 4.79 Å². The van der Waals surface area contributed by atoms with Crippen molar-refractivity contribution in [2.24, 2.45) is 0 Å². The second-order valence-electron chi connectivity index (χ2n) is 3.50. The molecule has 1 aromatic carbocycles. The molecular weight excluding hydrogens is 251 g/mol. The molecule has 0 saturated heterocycles. The maximum absolute atomic E-state index is 12.6. The summed E-state index contributed by atoms with van der Waals surface area (Å²) in [5.41, 5.74) is -0.00286. The number of carboxylic acid groups (broad SMARTS) is 1. The molecule has 0 aliphatic carbocycles. The first-order valence-corrected chi connectivity index (χ1v) is 4.97. The first-order valence-electron chi connectivity index (χ1n) is 4.97. The molecule has 4 nitrogen and oxygen atoms in total. The Hall–Kier alpha value is -2.05. The van der Waals surface area contributed by atoms with Crippen LogP contribution in [0.1, 0.15) is 16.8 Å². The molecule has 0 aliphatic rings. The Labute approximate surface area is 100 Å².